The molecule has 450 valence electrons. The summed E-state index contributed by atoms with van der Waals surface area (Å²) in [5.41, 5.74) is 2.64. The average molecular weight is 1180 g/mol. The number of hydrogen-bond donors (Lipinski definition) is 0. The Balaban J connectivity index is 1.00. The smallest absolute Gasteiger partial charge is 0.338 e. The largest absolute Gasteiger partial charge is 0.459 e. The fourth-order valence-electron chi connectivity index (χ4n) is 10.0. The van der Waals surface area contributed by atoms with E-state index in [1.807, 2.05) is 60.7 Å². The van der Waals surface area contributed by atoms with Gasteiger partial charge in [-0.1, -0.05) is 158 Å². The second-order valence-corrected chi connectivity index (χ2v) is 20.5. The number of carbonyl (C=O) groups is 5. The number of esters is 5. The SMILES string of the molecule is C=CCCCO[C@H]1O[C@H](CO[C@H]2O[C@H](COC(=O)c3ccccc3)[C@@H](O[C@H]3O[C@H](COC(=O)c4ccccc4)[C@@H](OC(=O)c4ccccc4)[C@@H]3OC(=O)c3ccccc3)[C@@H]2OC(=O)c2ccccc2)[C@@H](OCc2ccccc2)[C@@H]1OCc1ccccc1. The summed E-state index contributed by atoms with van der Waals surface area (Å²) in [5.74, 6) is -3.97. The summed E-state index contributed by atoms with van der Waals surface area (Å²) < 4.78 is 84.0. The van der Waals surface area contributed by atoms with E-state index in [1.165, 1.54) is 24.3 Å². The molecule has 7 aromatic rings. The molecular formula is C69H66O18. The lowest BCUT2D eigenvalue weighted by atomic mass is 10.1. The molecule has 3 aliphatic heterocycles. The maximum atomic E-state index is 14.5. The Morgan fingerprint density at radius 1 is 0.356 bits per heavy atom. The molecule has 3 aliphatic rings. The second kappa shape index (κ2) is 31.1. The number of unbranched alkanes of at least 4 members (excludes halogenated alkanes) is 1. The van der Waals surface area contributed by atoms with Crippen LogP contribution in [-0.2, 0) is 74.8 Å². The van der Waals surface area contributed by atoms with Crippen LogP contribution in [0.2, 0.25) is 0 Å². The highest BCUT2D eigenvalue weighted by Crippen LogP contribution is 2.38. The molecule has 0 aromatic heterocycles. The van der Waals surface area contributed by atoms with Crippen molar-refractivity contribution < 1.29 is 85.6 Å². The van der Waals surface area contributed by atoms with E-state index in [0.29, 0.717) is 19.4 Å². The van der Waals surface area contributed by atoms with Crippen LogP contribution in [0, 0.1) is 0 Å². The quantitative estimate of drug-likeness (QED) is 0.0194. The number of benzene rings is 7. The van der Waals surface area contributed by atoms with Gasteiger partial charge in [-0.3, -0.25) is 0 Å². The first-order valence-corrected chi connectivity index (χ1v) is 28.7. The first-order chi connectivity index (χ1) is 42.7. The number of rotatable bonds is 28. The van der Waals surface area contributed by atoms with Crippen LogP contribution in [0.15, 0.2) is 225 Å². The van der Waals surface area contributed by atoms with Crippen LogP contribution < -0.4 is 0 Å². The van der Waals surface area contributed by atoms with Crippen molar-refractivity contribution >= 4 is 29.8 Å². The maximum absolute atomic E-state index is 14.5. The third-order valence-electron chi connectivity index (χ3n) is 14.5. The molecule has 18 heteroatoms. The molecule has 0 unspecified atom stereocenters. The van der Waals surface area contributed by atoms with Gasteiger partial charge in [0.25, 0.3) is 0 Å². The van der Waals surface area contributed by atoms with Crippen molar-refractivity contribution in [1.82, 2.24) is 0 Å². The zero-order valence-electron chi connectivity index (χ0n) is 47.4. The summed E-state index contributed by atoms with van der Waals surface area (Å²) in [6.45, 7) is 3.16. The molecule has 0 N–H and O–H groups in total. The molecule has 87 heavy (non-hydrogen) atoms. The fourth-order valence-corrected chi connectivity index (χ4v) is 10.0. The first kappa shape index (κ1) is 61.4. The van der Waals surface area contributed by atoms with Crippen molar-refractivity contribution in [2.45, 2.75) is 99.9 Å². The number of carbonyl (C=O) groups excluding carboxylic acids is 5. The highest BCUT2D eigenvalue weighted by atomic mass is 16.8. The monoisotopic (exact) mass is 1180 g/mol. The van der Waals surface area contributed by atoms with Gasteiger partial charge in [0.2, 0.25) is 0 Å². The van der Waals surface area contributed by atoms with Crippen molar-refractivity contribution in [3.05, 3.63) is 264 Å². The highest BCUT2D eigenvalue weighted by molar-refractivity contribution is 5.91. The highest BCUT2D eigenvalue weighted by Gasteiger charge is 2.57. The molecular weight excluding hydrogens is 1120 g/mol. The Morgan fingerprint density at radius 2 is 0.701 bits per heavy atom. The van der Waals surface area contributed by atoms with Crippen LogP contribution in [0.4, 0.5) is 0 Å². The Hall–Kier alpha value is -8.69. The van der Waals surface area contributed by atoms with Crippen LogP contribution in [-0.4, -0.2) is 130 Å². The number of allylic oxidation sites excluding steroid dienone is 1. The Morgan fingerprint density at radius 3 is 1.14 bits per heavy atom. The molecule has 0 spiro atoms. The zero-order valence-corrected chi connectivity index (χ0v) is 47.4. The van der Waals surface area contributed by atoms with Crippen molar-refractivity contribution in [3.63, 3.8) is 0 Å². The molecule has 10 rings (SSSR count). The van der Waals surface area contributed by atoms with Gasteiger partial charge in [-0.25, -0.2) is 24.0 Å². The summed E-state index contributed by atoms with van der Waals surface area (Å²) in [7, 11) is 0. The summed E-state index contributed by atoms with van der Waals surface area (Å²) in [6.07, 6.45) is -12.5. The van der Waals surface area contributed by atoms with Gasteiger partial charge in [-0.15, -0.1) is 6.58 Å². The maximum Gasteiger partial charge on any atom is 0.338 e. The topological polar surface area (TPSA) is 205 Å². The third-order valence-corrected chi connectivity index (χ3v) is 14.5. The molecule has 0 saturated carbocycles. The third kappa shape index (κ3) is 16.6. The van der Waals surface area contributed by atoms with Crippen LogP contribution in [0.5, 0.6) is 0 Å². The number of hydrogen-bond acceptors (Lipinski definition) is 18. The van der Waals surface area contributed by atoms with Crippen LogP contribution in [0.25, 0.3) is 0 Å². The average Bonchev–Trinajstić information content (AvgIpc) is 2.47. The minimum absolute atomic E-state index is 0.124. The van der Waals surface area contributed by atoms with Crippen LogP contribution >= 0.6 is 0 Å². The molecule has 3 heterocycles. The molecule has 18 nitrogen and oxygen atoms in total. The lowest BCUT2D eigenvalue weighted by molar-refractivity contribution is -0.217. The Kier molecular flexibility index (Phi) is 22.0. The van der Waals surface area contributed by atoms with Crippen molar-refractivity contribution in [2.75, 3.05) is 26.4 Å². The molecule has 0 amide bonds. The van der Waals surface area contributed by atoms with E-state index in [1.54, 1.807) is 133 Å². The molecule has 0 bridgehead atoms. The summed E-state index contributed by atoms with van der Waals surface area (Å²) in [6, 6.07) is 60.0. The van der Waals surface area contributed by atoms with Crippen LogP contribution in [0.1, 0.15) is 75.8 Å². The standard InChI is InChI=1S/C69H66O18/c1-2-3-25-40-75-67-59(77-42-47-28-13-5-14-29-47)56(76-41-46-26-11-4-12-27-46)53(81-67)45-80-68-60(85-65(73)51-36-21-9-22-37-51)58(55(82-68)44-79-63(71)49-32-17-7-18-33-49)87-69-61(86-66(74)52-38-23-10-24-39-52)57(84-64(72)50-34-19-8-20-35-50)54(83-69)43-78-62(70)48-30-15-6-16-31-48/h2,4-24,26-39,53-61,67-69H,1,3,25,40-45H2/t53-,54-,55-,56-,57-,58-,59+,60+,61+,67+,68+,69-/m1/s1. The van der Waals surface area contributed by atoms with Gasteiger partial charge in [0, 0.05) is 0 Å². The summed E-state index contributed by atoms with van der Waals surface area (Å²) in [4.78, 5) is 70.2. The van der Waals surface area contributed by atoms with Gasteiger partial charge >= 0.3 is 29.8 Å². The van der Waals surface area contributed by atoms with Gasteiger partial charge < -0.3 is 61.6 Å². The fraction of sp³-hybridized carbons (Fsp3) is 0.290. The lowest BCUT2D eigenvalue weighted by Gasteiger charge is -2.29. The van der Waals surface area contributed by atoms with Gasteiger partial charge in [-0.2, -0.15) is 0 Å². The Labute approximate surface area is 503 Å². The molecule has 0 radical (unpaired) electrons. The van der Waals surface area contributed by atoms with E-state index in [4.69, 9.17) is 61.6 Å². The van der Waals surface area contributed by atoms with Crippen LogP contribution in [0.3, 0.4) is 0 Å². The Bertz CT molecular complexity index is 3290. The van der Waals surface area contributed by atoms with Crippen molar-refractivity contribution in [1.29, 1.82) is 0 Å². The minimum atomic E-state index is -1.72. The van der Waals surface area contributed by atoms with E-state index in [-0.39, 0.29) is 47.6 Å². The molecule has 3 saturated heterocycles. The molecule has 7 aromatic carbocycles. The molecule has 3 fully saturated rings. The first-order valence-electron chi connectivity index (χ1n) is 28.7. The molecule has 0 aliphatic carbocycles. The van der Waals surface area contributed by atoms with Gasteiger partial charge in [0.1, 0.15) is 49.8 Å². The normalized spacial score (nSPS) is 23.9. The predicted octanol–water partition coefficient (Wildman–Crippen LogP) is 10.1. The lowest BCUT2D eigenvalue weighted by Crippen LogP contribution is -2.47. The molecule has 12 atom stereocenters. The summed E-state index contributed by atoms with van der Waals surface area (Å²) >= 11 is 0. The minimum Gasteiger partial charge on any atom is -0.459 e. The number of ether oxygens (including phenoxy) is 13. The van der Waals surface area contributed by atoms with E-state index in [9.17, 15) is 24.0 Å². The van der Waals surface area contributed by atoms with Gasteiger partial charge in [0.15, 0.2) is 37.2 Å². The van der Waals surface area contributed by atoms with E-state index < -0.39 is 117 Å². The van der Waals surface area contributed by atoms with Gasteiger partial charge in [-0.05, 0) is 84.6 Å². The summed E-state index contributed by atoms with van der Waals surface area (Å²) in [5, 5.41) is 0. The second-order valence-electron chi connectivity index (χ2n) is 20.5. The van der Waals surface area contributed by atoms with Gasteiger partial charge in [0.05, 0.1) is 54.2 Å². The van der Waals surface area contributed by atoms with E-state index in [0.717, 1.165) is 11.1 Å². The van der Waals surface area contributed by atoms with E-state index >= 15 is 0 Å². The zero-order chi connectivity index (χ0) is 60.2. The predicted molar refractivity (Wildman–Crippen MR) is 313 cm³/mol. The van der Waals surface area contributed by atoms with Crippen molar-refractivity contribution in [2.24, 2.45) is 0 Å². The van der Waals surface area contributed by atoms with Crippen molar-refractivity contribution in [3.8, 4) is 0 Å². The van der Waals surface area contributed by atoms with E-state index in [2.05, 4.69) is 6.58 Å².